The van der Waals surface area contributed by atoms with E-state index in [0.29, 0.717) is 27.9 Å². The molecule has 8 nitrogen and oxygen atoms in total. The third-order valence-electron chi connectivity index (χ3n) is 4.08. The molecular formula is C22H23FN4O4S. The van der Waals surface area contributed by atoms with Gasteiger partial charge in [0.25, 0.3) is 5.91 Å². The monoisotopic (exact) mass is 458 g/mol. The van der Waals surface area contributed by atoms with Gasteiger partial charge in [-0.25, -0.2) is 19.2 Å². The first-order valence-corrected chi connectivity index (χ1v) is 10.9. The number of amides is 2. The van der Waals surface area contributed by atoms with E-state index in [1.54, 1.807) is 46.1 Å². The molecule has 0 atom stereocenters. The van der Waals surface area contributed by atoms with E-state index in [1.807, 2.05) is 0 Å². The number of furan rings is 1. The zero-order chi connectivity index (χ0) is 23.5. The van der Waals surface area contributed by atoms with Crippen LogP contribution in [-0.2, 0) is 4.74 Å². The summed E-state index contributed by atoms with van der Waals surface area (Å²) >= 11 is 1.29. The lowest BCUT2D eigenvalue weighted by Gasteiger charge is -2.20. The van der Waals surface area contributed by atoms with Crippen LogP contribution in [0.15, 0.2) is 46.0 Å². The molecule has 0 fully saturated rings. The lowest BCUT2D eigenvalue weighted by molar-refractivity contribution is 0.0635. The van der Waals surface area contributed by atoms with Crippen LogP contribution in [0, 0.1) is 12.7 Å². The van der Waals surface area contributed by atoms with Crippen molar-refractivity contribution in [3.8, 4) is 11.6 Å². The molecule has 0 saturated heterocycles. The molecule has 0 aliphatic carbocycles. The quantitative estimate of drug-likeness (QED) is 0.384. The largest absolute Gasteiger partial charge is 0.461 e. The molecule has 2 N–H and O–H groups in total. The summed E-state index contributed by atoms with van der Waals surface area (Å²) in [4.78, 5) is 33.8. The topological polar surface area (TPSA) is 106 Å². The Morgan fingerprint density at radius 1 is 1.16 bits per heavy atom. The fraction of sp³-hybridized carbons (Fsp3) is 0.273. The van der Waals surface area contributed by atoms with Gasteiger partial charge in [-0.3, -0.25) is 10.1 Å². The number of halogens is 1. The fourth-order valence-electron chi connectivity index (χ4n) is 2.78. The Balaban J connectivity index is 1.83. The molecule has 0 unspecified atom stereocenters. The summed E-state index contributed by atoms with van der Waals surface area (Å²) in [5, 5.41) is 5.52. The van der Waals surface area contributed by atoms with Crippen LogP contribution in [0.4, 0.5) is 20.6 Å². The number of hydrogen-bond donors (Lipinski definition) is 2. The summed E-state index contributed by atoms with van der Waals surface area (Å²) in [6.07, 6.45) is 2.51. The molecule has 2 amide bonds. The Labute approximate surface area is 189 Å². The molecule has 0 bridgehead atoms. The number of ether oxygens (including phenoxy) is 1. The number of anilines is 2. The normalized spacial score (nSPS) is 11.2. The van der Waals surface area contributed by atoms with Gasteiger partial charge in [0.05, 0.1) is 23.2 Å². The number of nitrogens with zero attached hydrogens (tertiary/aromatic N) is 2. The summed E-state index contributed by atoms with van der Waals surface area (Å²) in [6, 6.07) is 7.30. The van der Waals surface area contributed by atoms with Crippen LogP contribution in [-0.4, -0.2) is 33.8 Å². The molecule has 168 valence electrons. The van der Waals surface area contributed by atoms with E-state index in [0.717, 1.165) is 6.07 Å². The molecule has 10 heteroatoms. The van der Waals surface area contributed by atoms with E-state index in [4.69, 9.17) is 9.15 Å². The van der Waals surface area contributed by atoms with Gasteiger partial charge in [-0.1, -0.05) is 0 Å². The predicted octanol–water partition coefficient (Wildman–Crippen LogP) is 5.51. The second-order valence-electron chi connectivity index (χ2n) is 7.77. The van der Waals surface area contributed by atoms with E-state index in [9.17, 15) is 14.0 Å². The van der Waals surface area contributed by atoms with E-state index >= 15 is 0 Å². The molecule has 3 aromatic rings. The third kappa shape index (κ3) is 5.64. The molecule has 2 aromatic heterocycles. The second-order valence-corrected chi connectivity index (χ2v) is 8.56. The van der Waals surface area contributed by atoms with Crippen molar-refractivity contribution in [1.82, 2.24) is 9.97 Å². The number of thioether (sulfide) groups is 1. The van der Waals surface area contributed by atoms with Gasteiger partial charge in [0.1, 0.15) is 16.4 Å². The maximum absolute atomic E-state index is 14.2. The van der Waals surface area contributed by atoms with E-state index in [2.05, 4.69) is 20.6 Å². The highest BCUT2D eigenvalue weighted by atomic mass is 32.2. The molecule has 2 heterocycles. The van der Waals surface area contributed by atoms with Crippen LogP contribution < -0.4 is 10.6 Å². The highest BCUT2D eigenvalue weighted by Crippen LogP contribution is 2.27. The smallest absolute Gasteiger partial charge is 0.412 e. The highest BCUT2D eigenvalue weighted by molar-refractivity contribution is 7.98. The maximum Gasteiger partial charge on any atom is 0.412 e. The van der Waals surface area contributed by atoms with Crippen LogP contribution in [0.25, 0.3) is 11.6 Å². The maximum atomic E-state index is 14.2. The molecule has 32 heavy (non-hydrogen) atoms. The first kappa shape index (κ1) is 23.3. The van der Waals surface area contributed by atoms with Crippen molar-refractivity contribution in [1.29, 1.82) is 0 Å². The van der Waals surface area contributed by atoms with Crippen molar-refractivity contribution < 1.29 is 23.1 Å². The number of carbonyl (C=O) groups excluding carboxylic acids is 2. The number of hydrogen-bond acceptors (Lipinski definition) is 7. The van der Waals surface area contributed by atoms with Crippen LogP contribution in [0.2, 0.25) is 0 Å². The fourth-order valence-corrected chi connectivity index (χ4v) is 3.40. The van der Waals surface area contributed by atoms with Gasteiger partial charge >= 0.3 is 6.09 Å². The number of aryl methyl sites for hydroxylation is 1. The van der Waals surface area contributed by atoms with Crippen LogP contribution in [0.5, 0.6) is 0 Å². The minimum absolute atomic E-state index is 0.122. The molecule has 0 saturated carbocycles. The average Bonchev–Trinajstić information content (AvgIpc) is 3.23. The van der Waals surface area contributed by atoms with Crippen LogP contribution in [0.1, 0.15) is 36.8 Å². The Hall–Kier alpha value is -3.40. The number of benzene rings is 1. The van der Waals surface area contributed by atoms with Crippen molar-refractivity contribution in [3.63, 3.8) is 0 Å². The lowest BCUT2D eigenvalue weighted by atomic mass is 10.2. The summed E-state index contributed by atoms with van der Waals surface area (Å²) in [5.41, 5.74) is 0.175. The van der Waals surface area contributed by atoms with Gasteiger partial charge in [-0.2, -0.15) is 0 Å². The Bertz CT molecular complexity index is 1140. The third-order valence-corrected chi connectivity index (χ3v) is 4.76. The van der Waals surface area contributed by atoms with Crippen molar-refractivity contribution in [2.75, 3.05) is 16.9 Å². The Morgan fingerprint density at radius 3 is 2.53 bits per heavy atom. The van der Waals surface area contributed by atoms with Gasteiger partial charge in [0.2, 0.25) is 0 Å². The van der Waals surface area contributed by atoms with E-state index in [1.165, 1.54) is 30.2 Å². The first-order chi connectivity index (χ1) is 15.1. The minimum Gasteiger partial charge on any atom is -0.461 e. The Morgan fingerprint density at radius 2 is 1.91 bits per heavy atom. The molecule has 0 aliphatic rings. The number of rotatable bonds is 5. The number of nitrogens with one attached hydrogen (secondary N) is 2. The van der Waals surface area contributed by atoms with Crippen LogP contribution in [0.3, 0.4) is 0 Å². The summed E-state index contributed by atoms with van der Waals surface area (Å²) in [6.45, 7) is 6.79. The highest BCUT2D eigenvalue weighted by Gasteiger charge is 2.21. The molecule has 0 spiro atoms. The zero-order valence-electron chi connectivity index (χ0n) is 18.3. The summed E-state index contributed by atoms with van der Waals surface area (Å²) in [7, 11) is 0. The SMILES string of the molecule is CSc1nc(-c2ccco2)nc(C)c1C(=O)Nc1ccc(F)c(NC(=O)OC(C)(C)C)c1. The van der Waals surface area contributed by atoms with E-state index < -0.39 is 23.4 Å². The van der Waals surface area contributed by atoms with Gasteiger partial charge in [-0.15, -0.1) is 11.8 Å². The van der Waals surface area contributed by atoms with Crippen molar-refractivity contribution in [2.24, 2.45) is 0 Å². The molecule has 1 aromatic carbocycles. The van der Waals surface area contributed by atoms with Crippen molar-refractivity contribution >= 4 is 35.1 Å². The van der Waals surface area contributed by atoms with Gasteiger partial charge in [0.15, 0.2) is 11.6 Å². The lowest BCUT2D eigenvalue weighted by Crippen LogP contribution is -2.27. The summed E-state index contributed by atoms with van der Waals surface area (Å²) in [5.74, 6) is -0.264. The van der Waals surface area contributed by atoms with E-state index in [-0.39, 0.29) is 11.4 Å². The number of aromatic nitrogens is 2. The van der Waals surface area contributed by atoms with Gasteiger partial charge < -0.3 is 14.5 Å². The molecular weight excluding hydrogens is 435 g/mol. The molecule has 0 radical (unpaired) electrons. The summed E-state index contributed by atoms with van der Waals surface area (Å²) < 4.78 is 24.7. The van der Waals surface area contributed by atoms with Crippen molar-refractivity contribution in [2.45, 2.75) is 38.3 Å². The van der Waals surface area contributed by atoms with Crippen LogP contribution >= 0.6 is 11.8 Å². The molecule has 3 rings (SSSR count). The first-order valence-electron chi connectivity index (χ1n) is 9.65. The minimum atomic E-state index is -0.803. The number of carbonyl (C=O) groups is 2. The molecule has 0 aliphatic heterocycles. The van der Waals surface area contributed by atoms with Crippen molar-refractivity contribution in [3.05, 3.63) is 53.7 Å². The zero-order valence-corrected chi connectivity index (χ0v) is 19.1. The van der Waals surface area contributed by atoms with Gasteiger partial charge in [0, 0.05) is 5.69 Å². The predicted molar refractivity (Wildman–Crippen MR) is 120 cm³/mol. The van der Waals surface area contributed by atoms with Gasteiger partial charge in [-0.05, 0) is 64.3 Å². The standard InChI is InChI=1S/C22H23FN4O4S/c1-12-17(20(32-5)27-18(24-12)16-7-6-10-30-16)19(28)25-13-8-9-14(23)15(11-13)26-21(29)31-22(2,3)4/h6-11H,1-5H3,(H,25,28)(H,26,29). The second kappa shape index (κ2) is 9.39. The average molecular weight is 459 g/mol. The Kier molecular flexibility index (Phi) is 6.83.